The number of halogens is 2. The molecule has 0 fully saturated rings. The maximum atomic E-state index is 10.8. The molecule has 0 saturated carbocycles. The van der Waals surface area contributed by atoms with Crippen LogP contribution in [0.15, 0.2) is 24.5 Å². The van der Waals surface area contributed by atoms with E-state index in [-0.39, 0.29) is 18.2 Å². The molecule has 0 bridgehead atoms. The first kappa shape index (κ1) is 15.6. The number of nitrogens with one attached hydrogen (secondary N) is 1. The number of aryl methyl sites for hydroxylation is 1. The molecular weight excluding hydrogens is 319 g/mol. The Morgan fingerprint density at radius 3 is 2.67 bits per heavy atom. The zero-order valence-electron chi connectivity index (χ0n) is 11.0. The van der Waals surface area contributed by atoms with Crippen LogP contribution in [0.2, 0.25) is 10.0 Å². The highest BCUT2D eigenvalue weighted by Gasteiger charge is 2.22. The molecule has 2 N–H and O–H groups in total. The van der Waals surface area contributed by atoms with Crippen molar-refractivity contribution in [2.75, 3.05) is 11.9 Å². The number of nitrogens with zero attached hydrogens (tertiary/aromatic N) is 3. The van der Waals surface area contributed by atoms with E-state index in [1.807, 2.05) is 0 Å². The van der Waals surface area contributed by atoms with Crippen molar-refractivity contribution >= 4 is 34.8 Å². The molecule has 112 valence electrons. The molecule has 1 atom stereocenters. The van der Waals surface area contributed by atoms with Crippen LogP contribution in [0.1, 0.15) is 11.7 Å². The van der Waals surface area contributed by atoms with E-state index in [0.29, 0.717) is 15.6 Å². The smallest absolute Gasteiger partial charge is 0.386 e. The molecular formula is C12H12Cl2N4O3. The second kappa shape index (κ2) is 6.30. The molecule has 1 aromatic heterocycles. The number of benzene rings is 1. The minimum Gasteiger partial charge on any atom is -0.386 e. The number of hydrogen-bond donors (Lipinski definition) is 2. The van der Waals surface area contributed by atoms with Gasteiger partial charge in [0.1, 0.15) is 0 Å². The number of aliphatic hydroxyl groups is 1. The lowest BCUT2D eigenvalue weighted by Gasteiger charge is -2.15. The number of hydrogen-bond acceptors (Lipinski definition) is 5. The average molecular weight is 331 g/mol. The lowest BCUT2D eigenvalue weighted by atomic mass is 10.1. The normalized spacial score (nSPS) is 12.2. The molecule has 7 nitrogen and oxygen atoms in total. The van der Waals surface area contributed by atoms with Crippen molar-refractivity contribution in [2.24, 2.45) is 7.05 Å². The van der Waals surface area contributed by atoms with Gasteiger partial charge >= 0.3 is 5.82 Å². The first-order valence-electron chi connectivity index (χ1n) is 5.93. The zero-order chi connectivity index (χ0) is 15.6. The number of anilines is 1. The number of aliphatic hydroxyl groups excluding tert-OH is 1. The van der Waals surface area contributed by atoms with Crippen LogP contribution in [0, 0.1) is 10.1 Å². The lowest BCUT2D eigenvalue weighted by molar-refractivity contribution is -0.388. The van der Waals surface area contributed by atoms with Gasteiger partial charge in [-0.2, -0.15) is 0 Å². The van der Waals surface area contributed by atoms with Gasteiger partial charge in [0.2, 0.25) is 12.1 Å². The van der Waals surface area contributed by atoms with Gasteiger partial charge in [-0.25, -0.2) is 0 Å². The summed E-state index contributed by atoms with van der Waals surface area (Å²) in [7, 11) is 1.61. The Bertz CT molecular complexity index is 654. The minimum absolute atomic E-state index is 0.00380. The Labute approximate surface area is 130 Å². The minimum atomic E-state index is -1.01. The highest BCUT2D eigenvalue weighted by molar-refractivity contribution is 6.36. The standard InChI is InChI=1S/C12H12Cl2N4O3/c1-17-6-16-12(18(20)21)11(17)15-5-9(19)10-7(13)3-2-4-8(10)14/h2-4,6,9,15,19H,5H2,1H3. The third-order valence-corrected chi connectivity index (χ3v) is 3.55. The molecule has 0 saturated heterocycles. The van der Waals surface area contributed by atoms with Gasteiger partial charge in [-0.05, 0) is 22.0 Å². The lowest BCUT2D eigenvalue weighted by Crippen LogP contribution is -2.15. The summed E-state index contributed by atoms with van der Waals surface area (Å²) in [6, 6.07) is 4.89. The molecule has 0 aliphatic rings. The molecule has 1 aromatic carbocycles. The van der Waals surface area contributed by atoms with Crippen LogP contribution in [-0.4, -0.2) is 26.1 Å². The summed E-state index contributed by atoms with van der Waals surface area (Å²) < 4.78 is 1.46. The van der Waals surface area contributed by atoms with E-state index in [1.165, 1.54) is 10.9 Å². The first-order valence-corrected chi connectivity index (χ1v) is 6.69. The fourth-order valence-corrected chi connectivity index (χ4v) is 2.53. The van der Waals surface area contributed by atoms with E-state index in [1.54, 1.807) is 25.2 Å². The number of imidazole rings is 1. The predicted molar refractivity (Wildman–Crippen MR) is 79.8 cm³/mol. The van der Waals surface area contributed by atoms with Crippen LogP contribution in [0.4, 0.5) is 11.6 Å². The van der Waals surface area contributed by atoms with E-state index in [2.05, 4.69) is 10.3 Å². The molecule has 0 spiro atoms. The van der Waals surface area contributed by atoms with Gasteiger partial charge < -0.3 is 20.5 Å². The Morgan fingerprint density at radius 2 is 2.10 bits per heavy atom. The number of rotatable bonds is 5. The van der Waals surface area contributed by atoms with Gasteiger partial charge in [0.15, 0.2) is 0 Å². The van der Waals surface area contributed by atoms with Gasteiger partial charge in [-0.3, -0.25) is 4.57 Å². The average Bonchev–Trinajstić information content (AvgIpc) is 2.77. The topological polar surface area (TPSA) is 93.2 Å². The fourth-order valence-electron chi connectivity index (χ4n) is 1.88. The van der Waals surface area contributed by atoms with Crippen LogP contribution in [0.5, 0.6) is 0 Å². The van der Waals surface area contributed by atoms with E-state index in [4.69, 9.17) is 23.2 Å². The molecule has 2 aromatic rings. The van der Waals surface area contributed by atoms with Crippen molar-refractivity contribution in [3.8, 4) is 0 Å². The summed E-state index contributed by atoms with van der Waals surface area (Å²) in [5, 5.41) is 24.5. The zero-order valence-corrected chi connectivity index (χ0v) is 12.5. The van der Waals surface area contributed by atoms with E-state index in [9.17, 15) is 15.2 Å². The molecule has 1 heterocycles. The Balaban J connectivity index is 2.17. The molecule has 2 rings (SSSR count). The van der Waals surface area contributed by atoms with E-state index in [0.717, 1.165) is 0 Å². The second-order valence-electron chi connectivity index (χ2n) is 4.32. The summed E-state index contributed by atoms with van der Waals surface area (Å²) in [6.45, 7) is 0.00380. The summed E-state index contributed by atoms with van der Waals surface area (Å²) in [6.07, 6.45) is 0.302. The molecule has 1 unspecified atom stereocenters. The van der Waals surface area contributed by atoms with Crippen molar-refractivity contribution in [1.82, 2.24) is 9.55 Å². The summed E-state index contributed by atoms with van der Waals surface area (Å²) in [5.41, 5.74) is 0.373. The summed E-state index contributed by atoms with van der Waals surface area (Å²) >= 11 is 12.0. The number of aromatic nitrogens is 2. The second-order valence-corrected chi connectivity index (χ2v) is 5.13. The van der Waals surface area contributed by atoms with Gasteiger partial charge in [0.25, 0.3) is 0 Å². The van der Waals surface area contributed by atoms with Crippen molar-refractivity contribution in [1.29, 1.82) is 0 Å². The van der Waals surface area contributed by atoms with Crippen molar-refractivity contribution < 1.29 is 10.0 Å². The third-order valence-electron chi connectivity index (χ3n) is 2.89. The maximum absolute atomic E-state index is 10.8. The summed E-state index contributed by atoms with van der Waals surface area (Å²) in [5.74, 6) is -0.114. The Hall–Kier alpha value is -1.83. The molecule has 0 aliphatic heterocycles. The third kappa shape index (κ3) is 3.26. The highest BCUT2D eigenvalue weighted by atomic mass is 35.5. The van der Waals surface area contributed by atoms with Gasteiger partial charge in [-0.15, -0.1) is 0 Å². The van der Waals surface area contributed by atoms with Gasteiger partial charge in [-0.1, -0.05) is 29.3 Å². The van der Waals surface area contributed by atoms with Crippen LogP contribution >= 0.6 is 23.2 Å². The quantitative estimate of drug-likeness (QED) is 0.649. The van der Waals surface area contributed by atoms with Crippen molar-refractivity contribution in [2.45, 2.75) is 6.10 Å². The van der Waals surface area contributed by atoms with Gasteiger partial charge in [0.05, 0.1) is 6.10 Å². The SMILES string of the molecule is Cn1cnc([N+](=O)[O-])c1NCC(O)c1c(Cl)cccc1Cl. The maximum Gasteiger partial charge on any atom is 0.406 e. The molecule has 0 aliphatic carbocycles. The predicted octanol–water partition coefficient (Wildman–Crippen LogP) is 2.78. The van der Waals surface area contributed by atoms with Crippen LogP contribution in [-0.2, 0) is 7.05 Å². The summed E-state index contributed by atoms with van der Waals surface area (Å²) in [4.78, 5) is 13.9. The molecule has 9 heteroatoms. The molecule has 0 amide bonds. The van der Waals surface area contributed by atoms with Crippen LogP contribution in [0.3, 0.4) is 0 Å². The Morgan fingerprint density at radius 1 is 1.48 bits per heavy atom. The van der Waals surface area contributed by atoms with Crippen LogP contribution in [0.25, 0.3) is 0 Å². The van der Waals surface area contributed by atoms with Crippen molar-refractivity contribution in [3.63, 3.8) is 0 Å². The largest absolute Gasteiger partial charge is 0.406 e. The van der Waals surface area contributed by atoms with E-state index >= 15 is 0 Å². The van der Waals surface area contributed by atoms with Crippen molar-refractivity contribution in [3.05, 3.63) is 50.2 Å². The highest BCUT2D eigenvalue weighted by Crippen LogP contribution is 2.31. The van der Waals surface area contributed by atoms with Crippen LogP contribution < -0.4 is 5.32 Å². The fraction of sp³-hybridized carbons (Fsp3) is 0.250. The van der Waals surface area contributed by atoms with E-state index < -0.39 is 11.0 Å². The Kier molecular flexibility index (Phi) is 4.66. The molecule has 21 heavy (non-hydrogen) atoms. The molecule has 0 radical (unpaired) electrons. The number of nitro groups is 1. The first-order chi connectivity index (χ1) is 9.91. The van der Waals surface area contributed by atoms with Gasteiger partial charge in [0, 0.05) is 29.2 Å². The monoisotopic (exact) mass is 330 g/mol.